The Kier molecular flexibility index (Phi) is 7.03. The molecule has 7 heteroatoms. The van der Waals surface area contributed by atoms with Crippen molar-refractivity contribution in [2.24, 2.45) is 5.92 Å². The van der Waals surface area contributed by atoms with Crippen LogP contribution in [0, 0.1) is 11.7 Å². The molecule has 0 unspecified atom stereocenters. The number of carbonyl (C=O) groups excluding carboxylic acids is 2. The average molecular weight is 429 g/mol. The topological polar surface area (TPSA) is 58.6 Å². The van der Waals surface area contributed by atoms with Gasteiger partial charge in [0, 0.05) is 25.6 Å². The summed E-state index contributed by atoms with van der Waals surface area (Å²) in [6.45, 7) is 7.07. The fraction of sp³-hybridized carbons (Fsp3) is 0.579. The molecular weight excluding hydrogens is 403 g/mol. The van der Waals surface area contributed by atoms with Crippen LogP contribution in [-0.2, 0) is 16.0 Å². The number of nitrogens with one attached hydrogen (secondary N) is 1. The maximum absolute atomic E-state index is 13.2. The lowest BCUT2D eigenvalue weighted by Crippen LogP contribution is -2.45. The van der Waals surface area contributed by atoms with Gasteiger partial charge in [-0.05, 0) is 73.7 Å². The van der Waals surface area contributed by atoms with E-state index in [-0.39, 0.29) is 23.7 Å². The Bertz CT molecular complexity index is 653. The van der Waals surface area contributed by atoms with Crippen LogP contribution in [0.2, 0.25) is 0 Å². The van der Waals surface area contributed by atoms with E-state index >= 15 is 0 Å². The lowest BCUT2D eigenvalue weighted by atomic mass is 9.96. The van der Waals surface area contributed by atoms with Crippen LogP contribution in [0.5, 0.6) is 0 Å². The van der Waals surface area contributed by atoms with Gasteiger partial charge in [-0.1, -0.05) is 6.07 Å². The molecule has 144 valence electrons. The predicted octanol–water partition coefficient (Wildman–Crippen LogP) is 3.89. The summed E-state index contributed by atoms with van der Waals surface area (Å²) in [5, 5.41) is 2.93. The molecule has 5 nitrogen and oxygen atoms in total. The number of hydrogen-bond donors (Lipinski definition) is 1. The number of ether oxygens (including phenoxy) is 1. The summed E-state index contributed by atoms with van der Waals surface area (Å²) >= 11 is 3.16. The van der Waals surface area contributed by atoms with Crippen LogP contribution >= 0.6 is 15.9 Å². The Morgan fingerprint density at radius 3 is 2.54 bits per heavy atom. The molecule has 1 aromatic rings. The van der Waals surface area contributed by atoms with Crippen LogP contribution in [0.4, 0.5) is 9.18 Å². The molecule has 0 radical (unpaired) electrons. The van der Waals surface area contributed by atoms with E-state index in [4.69, 9.17) is 4.74 Å². The first kappa shape index (κ1) is 20.7. The molecule has 1 aliphatic heterocycles. The quantitative estimate of drug-likeness (QED) is 0.790. The van der Waals surface area contributed by atoms with Gasteiger partial charge >= 0.3 is 6.09 Å². The van der Waals surface area contributed by atoms with Crippen molar-refractivity contribution in [2.75, 3.05) is 19.6 Å². The van der Waals surface area contributed by atoms with E-state index in [0.29, 0.717) is 43.4 Å². The molecular formula is C19H26BrFN2O3. The van der Waals surface area contributed by atoms with Crippen molar-refractivity contribution in [3.63, 3.8) is 0 Å². The van der Waals surface area contributed by atoms with Gasteiger partial charge in [0.25, 0.3) is 0 Å². The maximum atomic E-state index is 13.2. The molecule has 2 amide bonds. The van der Waals surface area contributed by atoms with Gasteiger partial charge in [0.15, 0.2) is 0 Å². The summed E-state index contributed by atoms with van der Waals surface area (Å²) in [5.41, 5.74) is 0.444. The Hall–Kier alpha value is -1.63. The first-order valence-electron chi connectivity index (χ1n) is 8.85. The molecule has 1 aliphatic rings. The molecule has 1 N–H and O–H groups in total. The number of halogens is 2. The van der Waals surface area contributed by atoms with Crippen molar-refractivity contribution in [3.8, 4) is 0 Å². The highest BCUT2D eigenvalue weighted by molar-refractivity contribution is 9.10. The molecule has 1 fully saturated rings. The third kappa shape index (κ3) is 6.27. The number of nitrogens with zero attached hydrogens (tertiary/aromatic N) is 1. The number of hydrogen-bond acceptors (Lipinski definition) is 3. The van der Waals surface area contributed by atoms with Crippen molar-refractivity contribution >= 4 is 27.9 Å². The van der Waals surface area contributed by atoms with Gasteiger partial charge in [0.05, 0.1) is 4.47 Å². The van der Waals surface area contributed by atoms with Crippen molar-refractivity contribution in [1.82, 2.24) is 10.2 Å². The molecule has 1 heterocycles. The maximum Gasteiger partial charge on any atom is 0.410 e. The van der Waals surface area contributed by atoms with Crippen molar-refractivity contribution in [2.45, 2.75) is 45.6 Å². The van der Waals surface area contributed by atoms with E-state index in [1.54, 1.807) is 17.0 Å². The normalized spacial score (nSPS) is 15.7. The van der Waals surface area contributed by atoms with Gasteiger partial charge in [0.1, 0.15) is 11.4 Å². The average Bonchev–Trinajstić information content (AvgIpc) is 2.56. The summed E-state index contributed by atoms with van der Waals surface area (Å²) in [7, 11) is 0. The largest absolute Gasteiger partial charge is 0.444 e. The van der Waals surface area contributed by atoms with Crippen LogP contribution in [0.15, 0.2) is 22.7 Å². The van der Waals surface area contributed by atoms with E-state index in [1.165, 1.54) is 6.07 Å². The molecule has 0 aromatic heterocycles. The zero-order valence-corrected chi connectivity index (χ0v) is 17.1. The van der Waals surface area contributed by atoms with Gasteiger partial charge < -0.3 is 15.0 Å². The number of carbonyl (C=O) groups is 2. The van der Waals surface area contributed by atoms with E-state index in [2.05, 4.69) is 21.2 Å². The Balaban J connectivity index is 1.72. The highest BCUT2D eigenvalue weighted by Gasteiger charge is 2.29. The molecule has 0 bridgehead atoms. The number of amides is 2. The summed E-state index contributed by atoms with van der Waals surface area (Å²) in [6.07, 6.45) is 1.58. The van der Waals surface area contributed by atoms with Crippen LogP contribution < -0.4 is 5.32 Å². The summed E-state index contributed by atoms with van der Waals surface area (Å²) in [5.74, 6) is -0.377. The molecule has 0 spiro atoms. The second-order valence-electron chi connectivity index (χ2n) is 7.53. The predicted molar refractivity (Wildman–Crippen MR) is 101 cm³/mol. The van der Waals surface area contributed by atoms with E-state index in [9.17, 15) is 14.0 Å². The standard InChI is InChI=1S/C19H26BrFN2O3/c1-19(2,3)26-18(25)23-10-7-14(8-11-23)17(24)22-9-6-13-4-5-16(21)15(20)12-13/h4-5,12,14H,6-11H2,1-3H3,(H,22,24). The summed E-state index contributed by atoms with van der Waals surface area (Å²) in [4.78, 5) is 26.0. The minimum atomic E-state index is -0.513. The number of benzene rings is 1. The fourth-order valence-electron chi connectivity index (χ4n) is 2.82. The van der Waals surface area contributed by atoms with Gasteiger partial charge in [0.2, 0.25) is 5.91 Å². The first-order valence-corrected chi connectivity index (χ1v) is 9.64. The molecule has 2 rings (SSSR count). The number of rotatable bonds is 4. The smallest absolute Gasteiger partial charge is 0.410 e. The number of likely N-dealkylation sites (tertiary alicyclic amines) is 1. The monoisotopic (exact) mass is 428 g/mol. The SMILES string of the molecule is CC(C)(C)OC(=O)N1CCC(C(=O)NCCc2ccc(F)c(Br)c2)CC1. The minimum Gasteiger partial charge on any atom is -0.444 e. The van der Waals surface area contributed by atoms with Gasteiger partial charge in [-0.15, -0.1) is 0 Å². The highest BCUT2D eigenvalue weighted by atomic mass is 79.9. The Morgan fingerprint density at radius 2 is 1.96 bits per heavy atom. The zero-order valence-electron chi connectivity index (χ0n) is 15.5. The van der Waals surface area contributed by atoms with Gasteiger partial charge in [-0.3, -0.25) is 4.79 Å². The van der Waals surface area contributed by atoms with Gasteiger partial charge in [-0.2, -0.15) is 0 Å². The minimum absolute atomic E-state index is 0.00927. The molecule has 0 atom stereocenters. The van der Waals surface area contributed by atoms with Crippen molar-refractivity contribution < 1.29 is 18.7 Å². The highest BCUT2D eigenvalue weighted by Crippen LogP contribution is 2.20. The summed E-state index contributed by atoms with van der Waals surface area (Å²) < 4.78 is 19.0. The van der Waals surface area contributed by atoms with E-state index in [1.807, 2.05) is 20.8 Å². The lowest BCUT2D eigenvalue weighted by Gasteiger charge is -2.32. The second kappa shape index (κ2) is 8.84. The van der Waals surface area contributed by atoms with Crippen molar-refractivity contribution in [1.29, 1.82) is 0 Å². The van der Waals surface area contributed by atoms with Crippen LogP contribution in [0.25, 0.3) is 0 Å². The third-order valence-corrected chi connectivity index (χ3v) is 4.82. The zero-order chi connectivity index (χ0) is 19.3. The second-order valence-corrected chi connectivity index (χ2v) is 8.39. The molecule has 0 aliphatic carbocycles. The molecule has 0 saturated carbocycles. The fourth-order valence-corrected chi connectivity index (χ4v) is 3.25. The van der Waals surface area contributed by atoms with Gasteiger partial charge in [-0.25, -0.2) is 9.18 Å². The molecule has 1 aromatic carbocycles. The third-order valence-electron chi connectivity index (χ3n) is 4.21. The lowest BCUT2D eigenvalue weighted by molar-refractivity contribution is -0.126. The Morgan fingerprint density at radius 1 is 1.31 bits per heavy atom. The van der Waals surface area contributed by atoms with Crippen LogP contribution in [-0.4, -0.2) is 42.1 Å². The van der Waals surface area contributed by atoms with Crippen molar-refractivity contribution in [3.05, 3.63) is 34.1 Å². The Labute approximate surface area is 162 Å². The van der Waals surface area contributed by atoms with Crippen LogP contribution in [0.1, 0.15) is 39.2 Å². The first-order chi connectivity index (χ1) is 12.2. The van der Waals surface area contributed by atoms with E-state index < -0.39 is 5.60 Å². The van der Waals surface area contributed by atoms with E-state index in [0.717, 1.165) is 5.56 Å². The van der Waals surface area contributed by atoms with Crippen LogP contribution in [0.3, 0.4) is 0 Å². The molecule has 1 saturated heterocycles. The summed E-state index contributed by atoms with van der Waals surface area (Å²) in [6, 6.07) is 4.85. The molecule has 26 heavy (non-hydrogen) atoms. The number of piperidine rings is 1.